The number of carbonyl (C=O) groups excluding carboxylic acids is 1. The molecule has 5 rings (SSSR count). The van der Waals surface area contributed by atoms with Crippen molar-refractivity contribution in [2.24, 2.45) is 0 Å². The van der Waals surface area contributed by atoms with Crippen molar-refractivity contribution >= 4 is 61.7 Å². The maximum Gasteiger partial charge on any atom is 0.412 e. The summed E-state index contributed by atoms with van der Waals surface area (Å²) in [5.74, 6) is 4.94. The first-order chi connectivity index (χ1) is 15.9. The van der Waals surface area contributed by atoms with Crippen molar-refractivity contribution in [1.29, 1.82) is 0 Å². The molecule has 166 valence electrons. The number of benzene rings is 1. The lowest BCUT2D eigenvalue weighted by molar-refractivity contribution is -0.140. The molecule has 1 fully saturated rings. The fraction of sp³-hybridized carbons (Fsp3) is 0.190. The van der Waals surface area contributed by atoms with E-state index in [2.05, 4.69) is 32.3 Å². The van der Waals surface area contributed by atoms with Gasteiger partial charge in [-0.25, -0.2) is 14.8 Å². The second-order valence-corrected chi connectivity index (χ2v) is 9.51. The Morgan fingerprint density at radius 1 is 1.21 bits per heavy atom. The summed E-state index contributed by atoms with van der Waals surface area (Å²) in [6.45, 7) is 0.00576. The third-order valence-corrected chi connectivity index (χ3v) is 7.47. The number of aromatic nitrogens is 3. The molecule has 0 atom stereocenters. The van der Waals surface area contributed by atoms with Crippen LogP contribution in [-0.4, -0.2) is 32.3 Å². The van der Waals surface area contributed by atoms with Crippen LogP contribution in [0, 0.1) is 11.8 Å². The predicted molar refractivity (Wildman–Crippen MR) is 122 cm³/mol. The number of hydrogen-bond donors (Lipinski definition) is 2. The highest BCUT2D eigenvalue weighted by molar-refractivity contribution is 7.26. The number of halogens is 1. The van der Waals surface area contributed by atoms with Gasteiger partial charge in [0.1, 0.15) is 22.7 Å². The Morgan fingerprint density at radius 2 is 2.00 bits per heavy atom. The summed E-state index contributed by atoms with van der Waals surface area (Å²) < 4.78 is 10.3. The number of carboxylic acid groups (broad SMARTS) is 1. The molecule has 1 amide bonds. The topological polar surface area (TPSA) is 127 Å². The monoisotopic (exact) mass is 500 g/mol. The van der Waals surface area contributed by atoms with Gasteiger partial charge in [0.05, 0.1) is 6.20 Å². The molecule has 0 bridgehead atoms. The van der Waals surface area contributed by atoms with Crippen LogP contribution in [0.4, 0.5) is 10.5 Å². The predicted octanol–water partition coefficient (Wildman–Crippen LogP) is 4.66. The summed E-state index contributed by atoms with van der Waals surface area (Å²) >= 11 is 8.59. The van der Waals surface area contributed by atoms with E-state index >= 15 is 0 Å². The highest BCUT2D eigenvalue weighted by atomic mass is 35.5. The van der Waals surface area contributed by atoms with Gasteiger partial charge in [-0.1, -0.05) is 57.6 Å². The maximum absolute atomic E-state index is 12.1. The highest BCUT2D eigenvalue weighted by Gasteiger charge is 2.54. The quantitative estimate of drug-likeness (QED) is 0.379. The van der Waals surface area contributed by atoms with Crippen molar-refractivity contribution in [3.05, 3.63) is 56.8 Å². The molecule has 0 radical (unpaired) electrons. The van der Waals surface area contributed by atoms with E-state index in [1.54, 1.807) is 24.3 Å². The van der Waals surface area contributed by atoms with Gasteiger partial charge in [0.15, 0.2) is 14.7 Å². The number of hydrogen-bond acceptors (Lipinski definition) is 9. The van der Waals surface area contributed by atoms with Crippen LogP contribution in [0.3, 0.4) is 0 Å². The van der Waals surface area contributed by atoms with Crippen molar-refractivity contribution in [2.45, 2.75) is 24.9 Å². The molecule has 1 aromatic carbocycles. The van der Waals surface area contributed by atoms with Crippen LogP contribution in [0.5, 0.6) is 0 Å². The van der Waals surface area contributed by atoms with E-state index in [0.29, 0.717) is 43.1 Å². The molecule has 3 heterocycles. The zero-order valence-electron chi connectivity index (χ0n) is 16.6. The largest absolute Gasteiger partial charge is 0.481 e. The van der Waals surface area contributed by atoms with Gasteiger partial charge in [-0.3, -0.25) is 10.1 Å². The minimum Gasteiger partial charge on any atom is -0.481 e. The van der Waals surface area contributed by atoms with Gasteiger partial charge >= 0.3 is 12.1 Å². The Hall–Kier alpha value is -3.46. The zero-order valence-corrected chi connectivity index (χ0v) is 19.0. The first-order valence-electron chi connectivity index (χ1n) is 9.60. The Bertz CT molecular complexity index is 1410. The summed E-state index contributed by atoms with van der Waals surface area (Å²) in [5, 5.41) is 17.2. The number of anilines is 1. The Kier molecular flexibility index (Phi) is 5.49. The fourth-order valence-electron chi connectivity index (χ4n) is 2.98. The van der Waals surface area contributed by atoms with E-state index in [4.69, 9.17) is 20.9 Å². The minimum atomic E-state index is -0.849. The smallest absolute Gasteiger partial charge is 0.412 e. The van der Waals surface area contributed by atoms with E-state index in [1.807, 2.05) is 0 Å². The molecule has 33 heavy (non-hydrogen) atoms. The molecule has 4 aromatic rings. The van der Waals surface area contributed by atoms with Crippen LogP contribution in [0.15, 0.2) is 35.0 Å². The maximum atomic E-state index is 12.1. The molecule has 0 unspecified atom stereocenters. The van der Waals surface area contributed by atoms with Gasteiger partial charge in [-0.2, -0.15) is 0 Å². The zero-order chi connectivity index (χ0) is 23.0. The number of aliphatic carboxylic acids is 1. The van der Waals surface area contributed by atoms with Gasteiger partial charge in [0.25, 0.3) is 0 Å². The second kappa shape index (κ2) is 8.47. The normalized spacial score (nSPS) is 13.8. The summed E-state index contributed by atoms with van der Waals surface area (Å²) in [6.07, 6.45) is 1.80. The number of fused-ring (bicyclic) bond motifs is 1. The first kappa shape index (κ1) is 21.4. The van der Waals surface area contributed by atoms with Gasteiger partial charge in [0.2, 0.25) is 5.76 Å². The Balaban J connectivity index is 1.26. The van der Waals surface area contributed by atoms with E-state index in [0.717, 1.165) is 0 Å². The average Bonchev–Trinajstić information content (AvgIpc) is 3.11. The lowest BCUT2D eigenvalue weighted by Gasteiger charge is -2.06. The van der Waals surface area contributed by atoms with Crippen molar-refractivity contribution < 1.29 is 24.0 Å². The van der Waals surface area contributed by atoms with Gasteiger partial charge in [-0.05, 0) is 30.7 Å². The number of thiazole rings is 2. The van der Waals surface area contributed by atoms with Crippen LogP contribution in [0.25, 0.3) is 9.66 Å². The first-order valence-corrected chi connectivity index (χ1v) is 11.6. The molecular weight excluding hydrogens is 488 g/mol. The van der Waals surface area contributed by atoms with E-state index in [1.165, 1.54) is 28.9 Å². The van der Waals surface area contributed by atoms with Crippen molar-refractivity contribution in [1.82, 2.24) is 15.1 Å². The lowest BCUT2D eigenvalue weighted by atomic mass is 10.1. The number of carbonyl (C=O) groups is 2. The third-order valence-electron chi connectivity index (χ3n) is 4.95. The molecular formula is C21H13ClN4O5S2. The SMILES string of the molecule is O=C(Nc1cnoc1C#Cc1nc2sc(C3(C(=O)O)CC3)nc2s1)OCc1ccccc1Cl. The highest BCUT2D eigenvalue weighted by Crippen LogP contribution is 2.50. The summed E-state index contributed by atoms with van der Waals surface area (Å²) in [4.78, 5) is 33.8. The summed E-state index contributed by atoms with van der Waals surface area (Å²) in [5.41, 5.74) is 0.0799. The van der Waals surface area contributed by atoms with Crippen LogP contribution in [0.1, 0.15) is 34.2 Å². The van der Waals surface area contributed by atoms with Crippen LogP contribution >= 0.6 is 34.3 Å². The minimum absolute atomic E-state index is 0.00576. The number of rotatable bonds is 5. The standard InChI is InChI=1S/C21H13ClN4O5S2/c22-12-4-2-1-3-11(12)10-30-20(29)24-13-9-23-31-14(13)5-6-15-25-16-17(32-15)26-18(33-16)21(7-8-21)19(27)28/h1-4,9H,7-8,10H2,(H,24,29)(H,27,28). The van der Waals surface area contributed by atoms with Crippen LogP contribution in [0.2, 0.25) is 5.02 Å². The lowest BCUT2D eigenvalue weighted by Crippen LogP contribution is -2.18. The molecule has 0 saturated heterocycles. The Labute approximate surface area is 199 Å². The van der Waals surface area contributed by atoms with Crippen LogP contribution in [-0.2, 0) is 21.6 Å². The molecule has 0 aliphatic heterocycles. The average molecular weight is 501 g/mol. The van der Waals surface area contributed by atoms with Crippen molar-refractivity contribution in [3.63, 3.8) is 0 Å². The third kappa shape index (κ3) is 4.28. The van der Waals surface area contributed by atoms with Gasteiger partial charge in [-0.15, -0.1) is 0 Å². The van der Waals surface area contributed by atoms with E-state index < -0.39 is 17.5 Å². The van der Waals surface area contributed by atoms with Crippen molar-refractivity contribution in [3.8, 4) is 11.8 Å². The molecule has 1 aliphatic rings. The van der Waals surface area contributed by atoms with Crippen LogP contribution < -0.4 is 5.32 Å². The van der Waals surface area contributed by atoms with Crippen molar-refractivity contribution in [2.75, 3.05) is 5.32 Å². The number of carboxylic acids is 1. The van der Waals surface area contributed by atoms with E-state index in [9.17, 15) is 14.7 Å². The summed E-state index contributed by atoms with van der Waals surface area (Å²) in [6, 6.07) is 7.05. The number of ether oxygens (including phenoxy) is 1. The van der Waals surface area contributed by atoms with E-state index in [-0.39, 0.29) is 18.1 Å². The molecule has 3 aromatic heterocycles. The van der Waals surface area contributed by atoms with Gasteiger partial charge in [0, 0.05) is 10.6 Å². The Morgan fingerprint density at radius 3 is 2.73 bits per heavy atom. The molecule has 1 saturated carbocycles. The summed E-state index contributed by atoms with van der Waals surface area (Å²) in [7, 11) is 0. The molecule has 0 spiro atoms. The second-order valence-electron chi connectivity index (χ2n) is 7.15. The molecule has 2 N–H and O–H groups in total. The number of nitrogens with one attached hydrogen (secondary N) is 1. The number of amides is 1. The number of nitrogens with zero attached hydrogens (tertiary/aromatic N) is 3. The molecule has 12 heteroatoms. The molecule has 9 nitrogen and oxygen atoms in total. The fourth-order valence-corrected chi connectivity index (χ4v) is 5.30. The molecule has 1 aliphatic carbocycles. The van der Waals surface area contributed by atoms with Gasteiger partial charge < -0.3 is 14.4 Å².